The van der Waals surface area contributed by atoms with Crippen molar-refractivity contribution in [3.63, 3.8) is 0 Å². The van der Waals surface area contributed by atoms with Crippen molar-refractivity contribution in [2.24, 2.45) is 0 Å². The maximum absolute atomic E-state index is 10.6. The van der Waals surface area contributed by atoms with Crippen molar-refractivity contribution in [1.29, 1.82) is 0 Å². The molecule has 0 fully saturated rings. The van der Waals surface area contributed by atoms with E-state index in [9.17, 15) is 9.59 Å². The second-order valence-corrected chi connectivity index (χ2v) is 3.11. The number of hydrogen-bond acceptors (Lipinski definition) is 3. The Balaban J connectivity index is 3.04. The third-order valence-electron chi connectivity index (χ3n) is 0.990. The molecule has 0 aromatic carbocycles. The molecular formula is C6H3ClO2S. The van der Waals surface area contributed by atoms with Crippen LogP contribution in [0.2, 0.25) is 4.34 Å². The summed E-state index contributed by atoms with van der Waals surface area (Å²) >= 11 is 6.79. The molecule has 1 aromatic rings. The number of hydrogen-bond donors (Lipinski definition) is 0. The first-order valence-electron chi connectivity index (χ1n) is 2.48. The van der Waals surface area contributed by atoms with E-state index in [0.717, 1.165) is 0 Å². The van der Waals surface area contributed by atoms with Crippen LogP contribution in [0, 0.1) is 0 Å². The van der Waals surface area contributed by atoms with E-state index in [-0.39, 0.29) is 6.29 Å². The number of halogens is 1. The molecule has 0 aliphatic carbocycles. The van der Waals surface area contributed by atoms with E-state index in [1.54, 1.807) is 5.38 Å². The molecule has 0 radical (unpaired) electrons. The van der Waals surface area contributed by atoms with Crippen molar-refractivity contribution < 1.29 is 9.59 Å². The molecule has 0 spiro atoms. The van der Waals surface area contributed by atoms with Crippen molar-refractivity contribution >= 4 is 35.0 Å². The van der Waals surface area contributed by atoms with Gasteiger partial charge in [-0.05, 0) is 11.4 Å². The Hall–Kier alpha value is -0.670. The SMILES string of the molecule is O=CC(=O)c1ccsc1Cl. The highest BCUT2D eigenvalue weighted by Crippen LogP contribution is 2.22. The fraction of sp³-hybridized carbons (Fsp3) is 0. The number of rotatable bonds is 2. The molecule has 0 atom stereocenters. The molecular weight excluding hydrogens is 172 g/mol. The van der Waals surface area contributed by atoms with Gasteiger partial charge in [-0.25, -0.2) is 0 Å². The van der Waals surface area contributed by atoms with E-state index in [4.69, 9.17) is 11.6 Å². The summed E-state index contributed by atoms with van der Waals surface area (Å²) in [7, 11) is 0. The number of carbonyl (C=O) groups is 2. The fourth-order valence-corrected chi connectivity index (χ4v) is 1.46. The molecule has 0 amide bonds. The van der Waals surface area contributed by atoms with Crippen molar-refractivity contribution in [1.82, 2.24) is 0 Å². The van der Waals surface area contributed by atoms with Crippen LogP contribution < -0.4 is 0 Å². The van der Waals surface area contributed by atoms with Crippen LogP contribution in [-0.4, -0.2) is 12.1 Å². The van der Waals surface area contributed by atoms with Gasteiger partial charge in [0, 0.05) is 0 Å². The quantitative estimate of drug-likeness (QED) is 0.389. The largest absolute Gasteiger partial charge is 0.294 e. The van der Waals surface area contributed by atoms with Gasteiger partial charge in [0.25, 0.3) is 0 Å². The van der Waals surface area contributed by atoms with E-state index in [0.29, 0.717) is 9.90 Å². The Labute approximate surface area is 66.4 Å². The second-order valence-electron chi connectivity index (χ2n) is 1.59. The summed E-state index contributed by atoms with van der Waals surface area (Å²) in [5, 5.41) is 1.67. The van der Waals surface area contributed by atoms with Crippen LogP contribution in [0.4, 0.5) is 0 Å². The predicted molar refractivity (Wildman–Crippen MR) is 39.7 cm³/mol. The summed E-state index contributed by atoms with van der Waals surface area (Å²) in [6.45, 7) is 0. The normalized spacial score (nSPS) is 9.30. The second kappa shape index (κ2) is 2.94. The molecule has 0 N–H and O–H groups in total. The molecule has 0 saturated carbocycles. The van der Waals surface area contributed by atoms with Gasteiger partial charge < -0.3 is 0 Å². The minimum absolute atomic E-state index is 0.258. The van der Waals surface area contributed by atoms with Crippen LogP contribution in [0.5, 0.6) is 0 Å². The van der Waals surface area contributed by atoms with Gasteiger partial charge in [0.2, 0.25) is 5.78 Å². The van der Waals surface area contributed by atoms with E-state index in [1.165, 1.54) is 17.4 Å². The number of ketones is 1. The van der Waals surface area contributed by atoms with E-state index in [2.05, 4.69) is 0 Å². The topological polar surface area (TPSA) is 34.1 Å². The van der Waals surface area contributed by atoms with Gasteiger partial charge in [-0.3, -0.25) is 9.59 Å². The monoisotopic (exact) mass is 174 g/mol. The van der Waals surface area contributed by atoms with Gasteiger partial charge >= 0.3 is 0 Å². The number of thiophene rings is 1. The number of Topliss-reactive ketones (excluding diaryl/α,β-unsaturated/α-hetero) is 1. The van der Waals surface area contributed by atoms with Crippen molar-refractivity contribution in [3.05, 3.63) is 21.3 Å². The van der Waals surface area contributed by atoms with Gasteiger partial charge in [0.05, 0.1) is 5.56 Å². The van der Waals surface area contributed by atoms with E-state index >= 15 is 0 Å². The lowest BCUT2D eigenvalue weighted by Gasteiger charge is -1.84. The predicted octanol–water partition coefficient (Wildman–Crippen LogP) is 1.78. The summed E-state index contributed by atoms with van der Waals surface area (Å²) in [5.41, 5.74) is 0.293. The molecule has 0 unspecified atom stereocenters. The molecule has 4 heteroatoms. The summed E-state index contributed by atoms with van der Waals surface area (Å²) in [6.07, 6.45) is 0.258. The molecule has 10 heavy (non-hydrogen) atoms. The van der Waals surface area contributed by atoms with Crippen molar-refractivity contribution in [3.8, 4) is 0 Å². The first-order chi connectivity index (χ1) is 4.75. The summed E-state index contributed by atoms with van der Waals surface area (Å²) in [6, 6.07) is 1.53. The lowest BCUT2D eigenvalue weighted by molar-refractivity contribution is -0.104. The molecule has 1 rings (SSSR count). The van der Waals surface area contributed by atoms with Crippen LogP contribution in [0.25, 0.3) is 0 Å². The smallest absolute Gasteiger partial charge is 0.227 e. The van der Waals surface area contributed by atoms with Gasteiger partial charge in [0.15, 0.2) is 6.29 Å². The molecule has 0 aliphatic rings. The van der Waals surface area contributed by atoms with Crippen LogP contribution in [0.3, 0.4) is 0 Å². The maximum atomic E-state index is 10.6. The van der Waals surface area contributed by atoms with Crippen LogP contribution >= 0.6 is 22.9 Å². The Morgan fingerprint density at radius 1 is 1.70 bits per heavy atom. The van der Waals surface area contributed by atoms with Gasteiger partial charge in [-0.1, -0.05) is 11.6 Å². The third kappa shape index (κ3) is 1.25. The molecule has 2 nitrogen and oxygen atoms in total. The zero-order valence-corrected chi connectivity index (χ0v) is 6.41. The molecule has 0 saturated heterocycles. The Bertz CT molecular complexity index is 266. The van der Waals surface area contributed by atoms with Gasteiger partial charge in [-0.15, -0.1) is 11.3 Å². The fourth-order valence-electron chi connectivity index (χ4n) is 0.533. The molecule has 1 aromatic heterocycles. The molecule has 0 aliphatic heterocycles. The van der Waals surface area contributed by atoms with Crippen LogP contribution in [-0.2, 0) is 4.79 Å². The van der Waals surface area contributed by atoms with E-state index in [1.807, 2.05) is 0 Å². The number of aldehydes is 1. The first kappa shape index (κ1) is 7.44. The third-order valence-corrected chi connectivity index (χ3v) is 2.16. The first-order valence-corrected chi connectivity index (χ1v) is 3.74. The highest BCUT2D eigenvalue weighted by molar-refractivity contribution is 7.14. The lowest BCUT2D eigenvalue weighted by atomic mass is 10.2. The summed E-state index contributed by atoms with van der Waals surface area (Å²) in [4.78, 5) is 20.6. The van der Waals surface area contributed by atoms with Gasteiger partial charge in [-0.2, -0.15) is 0 Å². The molecule has 0 bridgehead atoms. The zero-order chi connectivity index (χ0) is 7.56. The minimum atomic E-state index is -0.564. The molecule has 52 valence electrons. The van der Waals surface area contributed by atoms with Gasteiger partial charge in [0.1, 0.15) is 4.34 Å². The van der Waals surface area contributed by atoms with Crippen molar-refractivity contribution in [2.75, 3.05) is 0 Å². The standard InChI is InChI=1S/C6H3ClO2S/c7-6-4(1-2-10-6)5(9)3-8/h1-3H. The van der Waals surface area contributed by atoms with Crippen LogP contribution in [0.1, 0.15) is 10.4 Å². The average Bonchev–Trinajstić information content (AvgIpc) is 2.34. The lowest BCUT2D eigenvalue weighted by Crippen LogP contribution is -1.97. The van der Waals surface area contributed by atoms with E-state index < -0.39 is 5.78 Å². The zero-order valence-electron chi connectivity index (χ0n) is 4.83. The van der Waals surface area contributed by atoms with Crippen LogP contribution in [0.15, 0.2) is 11.4 Å². The highest BCUT2D eigenvalue weighted by Gasteiger charge is 2.08. The Morgan fingerprint density at radius 3 is 2.80 bits per heavy atom. The summed E-state index contributed by atoms with van der Waals surface area (Å²) in [5.74, 6) is -0.564. The minimum Gasteiger partial charge on any atom is -0.294 e. The Morgan fingerprint density at radius 2 is 2.40 bits per heavy atom. The maximum Gasteiger partial charge on any atom is 0.227 e. The molecule has 1 heterocycles. The number of carbonyl (C=O) groups excluding carboxylic acids is 2. The Kier molecular flexibility index (Phi) is 2.19. The summed E-state index contributed by atoms with van der Waals surface area (Å²) < 4.78 is 0.372. The highest BCUT2D eigenvalue weighted by atomic mass is 35.5. The average molecular weight is 175 g/mol. The van der Waals surface area contributed by atoms with Crippen molar-refractivity contribution in [2.45, 2.75) is 0 Å².